The first-order valence-corrected chi connectivity index (χ1v) is 5.69. The molecule has 1 rings (SSSR count). The topological polar surface area (TPSA) is 17.1 Å². The summed E-state index contributed by atoms with van der Waals surface area (Å²) in [6.07, 6.45) is 3.82. The lowest BCUT2D eigenvalue weighted by Crippen LogP contribution is -1.97. The summed E-state index contributed by atoms with van der Waals surface area (Å²) in [6.45, 7) is 2.12. The second kappa shape index (κ2) is 5.97. The molecule has 0 heterocycles. The van der Waals surface area contributed by atoms with Crippen molar-refractivity contribution in [3.63, 3.8) is 0 Å². The first kappa shape index (κ1) is 11.4. The minimum atomic E-state index is 0.496. The van der Waals surface area contributed by atoms with Crippen LogP contribution in [0.1, 0.15) is 25.3 Å². The fraction of sp³-hybridized carbons (Fsp3) is 0.417. The molecule has 1 aromatic rings. The smallest absolute Gasteiger partial charge is 0.120 e. The molecule has 0 N–H and O–H groups in total. The van der Waals surface area contributed by atoms with E-state index >= 15 is 0 Å². The normalized spacial score (nSPS) is 12.4. The predicted octanol–water partition coefficient (Wildman–Crippen LogP) is 3.61. The van der Waals surface area contributed by atoms with Gasteiger partial charge in [-0.05, 0) is 36.5 Å². The zero-order valence-corrected chi connectivity index (χ0v) is 9.96. The molecule has 0 saturated carbocycles. The zero-order chi connectivity index (χ0) is 10.4. The maximum Gasteiger partial charge on any atom is 0.120 e. The molecule has 14 heavy (non-hydrogen) atoms. The number of carbonyl (C=O) groups excluding carboxylic acids is 1. The predicted molar refractivity (Wildman–Crippen MR) is 62.3 cm³/mol. The van der Waals surface area contributed by atoms with Crippen molar-refractivity contribution in [2.24, 2.45) is 5.92 Å². The Balaban J connectivity index is 2.37. The van der Waals surface area contributed by atoms with E-state index in [0.717, 1.165) is 23.6 Å². The van der Waals surface area contributed by atoms with E-state index < -0.39 is 0 Å². The third-order valence-corrected chi connectivity index (χ3v) is 2.87. The molecule has 0 unspecified atom stereocenters. The Morgan fingerprint density at radius 3 is 2.57 bits per heavy atom. The van der Waals surface area contributed by atoms with Gasteiger partial charge in [-0.1, -0.05) is 35.0 Å². The van der Waals surface area contributed by atoms with E-state index in [9.17, 15) is 4.79 Å². The second-order valence-electron chi connectivity index (χ2n) is 3.67. The summed E-state index contributed by atoms with van der Waals surface area (Å²) in [5, 5.41) is 0. The lowest BCUT2D eigenvalue weighted by molar-refractivity contribution is -0.108. The minimum Gasteiger partial charge on any atom is -0.303 e. The Morgan fingerprint density at radius 1 is 1.36 bits per heavy atom. The van der Waals surface area contributed by atoms with Gasteiger partial charge in [-0.15, -0.1) is 0 Å². The van der Waals surface area contributed by atoms with Crippen LogP contribution in [0.3, 0.4) is 0 Å². The molecule has 76 valence electrons. The van der Waals surface area contributed by atoms with Crippen molar-refractivity contribution < 1.29 is 4.79 Å². The van der Waals surface area contributed by atoms with E-state index in [1.54, 1.807) is 0 Å². The monoisotopic (exact) mass is 254 g/mol. The van der Waals surface area contributed by atoms with Crippen LogP contribution < -0.4 is 0 Å². The van der Waals surface area contributed by atoms with Crippen molar-refractivity contribution >= 4 is 22.2 Å². The number of carbonyl (C=O) groups is 1. The molecule has 1 nitrogen and oxygen atoms in total. The van der Waals surface area contributed by atoms with Crippen LogP contribution in [0.15, 0.2) is 28.7 Å². The minimum absolute atomic E-state index is 0.496. The molecule has 1 atom stereocenters. The SMILES string of the molecule is C[C@H](CC=O)CCc1ccc(Br)cc1. The van der Waals surface area contributed by atoms with Gasteiger partial charge in [0.05, 0.1) is 0 Å². The van der Waals surface area contributed by atoms with Crippen LogP contribution in [-0.2, 0) is 11.2 Å². The van der Waals surface area contributed by atoms with E-state index in [4.69, 9.17) is 0 Å². The quantitative estimate of drug-likeness (QED) is 0.734. The van der Waals surface area contributed by atoms with E-state index in [1.165, 1.54) is 5.56 Å². The Hall–Kier alpha value is -0.630. The maximum absolute atomic E-state index is 10.3. The van der Waals surface area contributed by atoms with Crippen LogP contribution >= 0.6 is 15.9 Å². The molecule has 2 heteroatoms. The van der Waals surface area contributed by atoms with Crippen LogP contribution in [0, 0.1) is 5.92 Å². The zero-order valence-electron chi connectivity index (χ0n) is 8.37. The molecule has 0 aliphatic heterocycles. The van der Waals surface area contributed by atoms with Gasteiger partial charge in [0.25, 0.3) is 0 Å². The highest BCUT2D eigenvalue weighted by atomic mass is 79.9. The summed E-state index contributed by atoms with van der Waals surface area (Å²) < 4.78 is 1.11. The van der Waals surface area contributed by atoms with Crippen molar-refractivity contribution in [1.29, 1.82) is 0 Å². The van der Waals surface area contributed by atoms with Gasteiger partial charge >= 0.3 is 0 Å². The highest BCUT2D eigenvalue weighted by Gasteiger charge is 2.01. The highest BCUT2D eigenvalue weighted by molar-refractivity contribution is 9.10. The standard InChI is InChI=1S/C12H15BrO/c1-10(8-9-14)2-3-11-4-6-12(13)7-5-11/h4-7,9-10H,2-3,8H2,1H3/t10-/m0/s1. The summed E-state index contributed by atoms with van der Waals surface area (Å²) in [5.41, 5.74) is 1.34. The average Bonchev–Trinajstić information content (AvgIpc) is 2.17. The summed E-state index contributed by atoms with van der Waals surface area (Å²) >= 11 is 3.40. The fourth-order valence-electron chi connectivity index (χ4n) is 1.35. The lowest BCUT2D eigenvalue weighted by atomic mass is 9.99. The largest absolute Gasteiger partial charge is 0.303 e. The van der Waals surface area contributed by atoms with Crippen LogP contribution in [0.25, 0.3) is 0 Å². The molecule has 0 fully saturated rings. The van der Waals surface area contributed by atoms with E-state index in [1.807, 2.05) is 0 Å². The fourth-order valence-corrected chi connectivity index (χ4v) is 1.61. The van der Waals surface area contributed by atoms with Gasteiger partial charge in [0, 0.05) is 10.9 Å². The van der Waals surface area contributed by atoms with E-state index in [-0.39, 0.29) is 0 Å². The summed E-state index contributed by atoms with van der Waals surface area (Å²) in [4.78, 5) is 10.3. The van der Waals surface area contributed by atoms with Gasteiger partial charge in [0.15, 0.2) is 0 Å². The molecule has 0 radical (unpaired) electrons. The molecular formula is C12H15BrO. The number of aryl methyl sites for hydroxylation is 1. The molecule has 0 aliphatic carbocycles. The van der Waals surface area contributed by atoms with Gasteiger partial charge in [0.1, 0.15) is 6.29 Å². The molecule has 1 aromatic carbocycles. The second-order valence-corrected chi connectivity index (χ2v) is 4.59. The van der Waals surface area contributed by atoms with Gasteiger partial charge in [-0.3, -0.25) is 0 Å². The van der Waals surface area contributed by atoms with Crippen LogP contribution in [0.4, 0.5) is 0 Å². The first-order valence-electron chi connectivity index (χ1n) is 4.90. The van der Waals surface area contributed by atoms with Gasteiger partial charge in [-0.2, -0.15) is 0 Å². The highest BCUT2D eigenvalue weighted by Crippen LogP contribution is 2.14. The van der Waals surface area contributed by atoms with E-state index in [2.05, 4.69) is 47.1 Å². The average molecular weight is 255 g/mol. The Labute approximate surface area is 93.7 Å². The van der Waals surface area contributed by atoms with Gasteiger partial charge in [0.2, 0.25) is 0 Å². The summed E-state index contributed by atoms with van der Waals surface area (Å²) in [5.74, 6) is 0.496. The van der Waals surface area contributed by atoms with Crippen molar-refractivity contribution in [2.45, 2.75) is 26.2 Å². The first-order chi connectivity index (χ1) is 6.72. The molecule has 0 aliphatic rings. The van der Waals surface area contributed by atoms with Crippen molar-refractivity contribution in [3.8, 4) is 0 Å². The van der Waals surface area contributed by atoms with Crippen LogP contribution in [-0.4, -0.2) is 6.29 Å². The summed E-state index contributed by atoms with van der Waals surface area (Å²) in [7, 11) is 0. The van der Waals surface area contributed by atoms with Crippen molar-refractivity contribution in [3.05, 3.63) is 34.3 Å². The number of hydrogen-bond acceptors (Lipinski definition) is 1. The van der Waals surface area contributed by atoms with E-state index in [0.29, 0.717) is 12.3 Å². The molecule has 0 aromatic heterocycles. The van der Waals surface area contributed by atoms with Crippen molar-refractivity contribution in [1.82, 2.24) is 0 Å². The molecule has 0 amide bonds. The number of benzene rings is 1. The van der Waals surface area contributed by atoms with Crippen LogP contribution in [0.2, 0.25) is 0 Å². The number of aldehydes is 1. The number of hydrogen-bond donors (Lipinski definition) is 0. The third-order valence-electron chi connectivity index (χ3n) is 2.34. The molecule has 0 spiro atoms. The Morgan fingerprint density at radius 2 is 2.00 bits per heavy atom. The molecule has 0 saturated heterocycles. The Bertz CT molecular complexity index is 279. The van der Waals surface area contributed by atoms with Gasteiger partial charge in [-0.25, -0.2) is 0 Å². The summed E-state index contributed by atoms with van der Waals surface area (Å²) in [6, 6.07) is 8.36. The third kappa shape index (κ3) is 4.05. The lowest BCUT2D eigenvalue weighted by Gasteiger charge is -2.07. The van der Waals surface area contributed by atoms with Crippen molar-refractivity contribution in [2.75, 3.05) is 0 Å². The van der Waals surface area contributed by atoms with Gasteiger partial charge < -0.3 is 4.79 Å². The molecular weight excluding hydrogens is 240 g/mol. The maximum atomic E-state index is 10.3. The number of rotatable bonds is 5. The number of halogens is 1. The van der Waals surface area contributed by atoms with Crippen LogP contribution in [0.5, 0.6) is 0 Å². The molecule has 0 bridgehead atoms. The Kier molecular flexibility index (Phi) is 4.88.